The molecule has 118 valence electrons. The molecular weight excluding hydrogens is 262 g/mol. The second kappa shape index (κ2) is 8.49. The molecule has 0 aromatic heterocycles. The number of benzene rings is 1. The van der Waals surface area contributed by atoms with E-state index in [1.807, 2.05) is 0 Å². The van der Waals surface area contributed by atoms with Gasteiger partial charge in [-0.3, -0.25) is 4.90 Å². The molecule has 2 rings (SSSR count). The Morgan fingerprint density at radius 3 is 2.29 bits per heavy atom. The first-order valence-electron chi connectivity index (χ1n) is 8.03. The predicted molar refractivity (Wildman–Crippen MR) is 87.6 cm³/mol. The van der Waals surface area contributed by atoms with Gasteiger partial charge in [-0.2, -0.15) is 0 Å². The summed E-state index contributed by atoms with van der Waals surface area (Å²) in [4.78, 5) is 4.88. The zero-order chi connectivity index (χ0) is 15.1. The average molecular weight is 291 g/mol. The van der Waals surface area contributed by atoms with Gasteiger partial charge in [0.2, 0.25) is 0 Å². The Morgan fingerprint density at radius 2 is 1.71 bits per heavy atom. The second-order valence-corrected chi connectivity index (χ2v) is 5.89. The number of hydrogen-bond donors (Lipinski definition) is 2. The van der Waals surface area contributed by atoms with Crippen LogP contribution in [0.4, 0.5) is 0 Å². The van der Waals surface area contributed by atoms with E-state index in [2.05, 4.69) is 53.4 Å². The summed E-state index contributed by atoms with van der Waals surface area (Å²) in [5.41, 5.74) is 2.78. The smallest absolute Gasteiger partial charge is 0.0558 e. The van der Waals surface area contributed by atoms with Crippen molar-refractivity contribution in [2.45, 2.75) is 19.4 Å². The molecule has 1 aromatic rings. The van der Waals surface area contributed by atoms with Crippen LogP contribution in [0.25, 0.3) is 0 Å². The van der Waals surface area contributed by atoms with Crippen molar-refractivity contribution in [2.75, 3.05) is 52.9 Å². The number of β-amino-alcohol motifs (C(OH)–C–C–N with tert-alkyl or cyclic N) is 1. The van der Waals surface area contributed by atoms with Crippen molar-refractivity contribution in [1.29, 1.82) is 0 Å². The van der Waals surface area contributed by atoms with Gasteiger partial charge in [0.05, 0.1) is 6.61 Å². The van der Waals surface area contributed by atoms with E-state index in [0.717, 1.165) is 45.7 Å². The van der Waals surface area contributed by atoms with Gasteiger partial charge in [-0.1, -0.05) is 24.3 Å². The molecule has 0 radical (unpaired) electrons. The molecule has 0 spiro atoms. The van der Waals surface area contributed by atoms with Crippen molar-refractivity contribution in [3.8, 4) is 0 Å². The highest BCUT2D eigenvalue weighted by atomic mass is 16.3. The predicted octanol–water partition coefficient (Wildman–Crippen LogP) is 1.26. The van der Waals surface area contributed by atoms with Crippen LogP contribution in [-0.2, 0) is 0 Å². The topological polar surface area (TPSA) is 38.7 Å². The van der Waals surface area contributed by atoms with E-state index in [1.54, 1.807) is 0 Å². The summed E-state index contributed by atoms with van der Waals surface area (Å²) in [7, 11) is 2.05. The minimum absolute atomic E-state index is 0.273. The number of rotatable bonds is 7. The molecule has 1 fully saturated rings. The first kappa shape index (κ1) is 16.4. The molecule has 1 heterocycles. The third-order valence-corrected chi connectivity index (χ3v) is 4.53. The average Bonchev–Trinajstić information content (AvgIpc) is 2.51. The Morgan fingerprint density at radius 1 is 1.10 bits per heavy atom. The van der Waals surface area contributed by atoms with Gasteiger partial charge < -0.3 is 15.3 Å². The van der Waals surface area contributed by atoms with E-state index in [0.29, 0.717) is 6.04 Å². The fraction of sp³-hybridized carbons (Fsp3) is 0.647. The molecular formula is C17H29N3O. The maximum absolute atomic E-state index is 8.98. The number of hydrogen-bond acceptors (Lipinski definition) is 4. The maximum Gasteiger partial charge on any atom is 0.0558 e. The number of aliphatic hydroxyl groups is 1. The largest absolute Gasteiger partial charge is 0.395 e. The van der Waals surface area contributed by atoms with Crippen molar-refractivity contribution in [2.24, 2.45) is 0 Å². The molecule has 2 N–H and O–H groups in total. The van der Waals surface area contributed by atoms with Crippen molar-refractivity contribution >= 4 is 0 Å². The fourth-order valence-electron chi connectivity index (χ4n) is 3.12. The Bertz CT molecular complexity index is 416. The lowest BCUT2D eigenvalue weighted by molar-refractivity contribution is 0.110. The molecule has 1 atom stereocenters. The fourth-order valence-corrected chi connectivity index (χ4v) is 3.12. The SMILES string of the molecule is CNC(CCN1CCN(CCO)CC1)c1ccccc1C. The lowest BCUT2D eigenvalue weighted by atomic mass is 9.98. The molecule has 0 aliphatic carbocycles. The molecule has 1 aromatic carbocycles. The Kier molecular flexibility index (Phi) is 6.64. The highest BCUT2D eigenvalue weighted by Gasteiger charge is 2.18. The highest BCUT2D eigenvalue weighted by molar-refractivity contribution is 5.28. The highest BCUT2D eigenvalue weighted by Crippen LogP contribution is 2.20. The minimum atomic E-state index is 0.273. The lowest BCUT2D eigenvalue weighted by Gasteiger charge is -2.35. The van der Waals surface area contributed by atoms with Crippen LogP contribution in [0, 0.1) is 6.92 Å². The number of aryl methyl sites for hydroxylation is 1. The molecule has 0 saturated carbocycles. The van der Waals surface area contributed by atoms with Gasteiger partial charge in [-0.05, 0) is 31.5 Å². The van der Waals surface area contributed by atoms with Gasteiger partial charge in [0.15, 0.2) is 0 Å². The molecule has 4 heteroatoms. The van der Waals surface area contributed by atoms with Crippen LogP contribution in [0.15, 0.2) is 24.3 Å². The van der Waals surface area contributed by atoms with E-state index in [9.17, 15) is 0 Å². The van der Waals surface area contributed by atoms with E-state index in [-0.39, 0.29) is 6.61 Å². The normalized spacial score (nSPS) is 18.8. The standard InChI is InChI=1S/C17H29N3O/c1-15-5-3-4-6-16(15)17(18-2)7-8-19-9-11-20(12-10-19)13-14-21/h3-6,17-18,21H,7-14H2,1-2H3. The van der Waals surface area contributed by atoms with Gasteiger partial charge in [0.25, 0.3) is 0 Å². The zero-order valence-electron chi connectivity index (χ0n) is 13.4. The third kappa shape index (κ3) is 4.78. The summed E-state index contributed by atoms with van der Waals surface area (Å²) in [5.74, 6) is 0. The number of nitrogens with one attached hydrogen (secondary N) is 1. The van der Waals surface area contributed by atoms with Crippen LogP contribution in [0.2, 0.25) is 0 Å². The molecule has 4 nitrogen and oxygen atoms in total. The lowest BCUT2D eigenvalue weighted by Crippen LogP contribution is -2.47. The van der Waals surface area contributed by atoms with Crippen LogP contribution in [0.3, 0.4) is 0 Å². The summed E-state index contributed by atoms with van der Waals surface area (Å²) in [6.07, 6.45) is 1.14. The Balaban J connectivity index is 1.81. The van der Waals surface area contributed by atoms with Gasteiger partial charge >= 0.3 is 0 Å². The van der Waals surface area contributed by atoms with Gasteiger partial charge in [-0.25, -0.2) is 0 Å². The first-order chi connectivity index (χ1) is 10.2. The van der Waals surface area contributed by atoms with E-state index in [4.69, 9.17) is 5.11 Å². The summed E-state index contributed by atoms with van der Waals surface area (Å²) in [6, 6.07) is 9.08. The van der Waals surface area contributed by atoms with Gasteiger partial charge in [-0.15, -0.1) is 0 Å². The van der Waals surface area contributed by atoms with E-state index >= 15 is 0 Å². The summed E-state index contributed by atoms with van der Waals surface area (Å²) < 4.78 is 0. The first-order valence-corrected chi connectivity index (χ1v) is 8.03. The molecule has 1 aliphatic heterocycles. The number of nitrogens with zero attached hydrogens (tertiary/aromatic N) is 2. The van der Waals surface area contributed by atoms with Crippen molar-refractivity contribution < 1.29 is 5.11 Å². The summed E-state index contributed by atoms with van der Waals surface area (Å²) in [6.45, 7) is 8.80. The molecule has 1 unspecified atom stereocenters. The Hall–Kier alpha value is -0.940. The van der Waals surface area contributed by atoms with E-state index in [1.165, 1.54) is 11.1 Å². The van der Waals surface area contributed by atoms with Crippen molar-refractivity contribution in [1.82, 2.24) is 15.1 Å². The van der Waals surface area contributed by atoms with Crippen molar-refractivity contribution in [3.63, 3.8) is 0 Å². The van der Waals surface area contributed by atoms with Crippen LogP contribution in [-0.4, -0.2) is 67.8 Å². The molecule has 1 aliphatic rings. The minimum Gasteiger partial charge on any atom is -0.395 e. The summed E-state index contributed by atoms with van der Waals surface area (Å²) in [5, 5.41) is 12.4. The van der Waals surface area contributed by atoms with Gasteiger partial charge in [0.1, 0.15) is 0 Å². The monoisotopic (exact) mass is 291 g/mol. The molecule has 1 saturated heterocycles. The number of aliphatic hydroxyl groups excluding tert-OH is 1. The number of piperazine rings is 1. The van der Waals surface area contributed by atoms with E-state index < -0.39 is 0 Å². The Labute approximate surface area is 128 Å². The third-order valence-electron chi connectivity index (χ3n) is 4.53. The molecule has 0 amide bonds. The molecule has 0 bridgehead atoms. The van der Waals surface area contributed by atoms with Crippen LogP contribution in [0.1, 0.15) is 23.6 Å². The summed E-state index contributed by atoms with van der Waals surface area (Å²) >= 11 is 0. The van der Waals surface area contributed by atoms with Gasteiger partial charge in [0, 0.05) is 45.3 Å². The molecule has 21 heavy (non-hydrogen) atoms. The van der Waals surface area contributed by atoms with Crippen LogP contribution >= 0.6 is 0 Å². The van der Waals surface area contributed by atoms with Crippen molar-refractivity contribution in [3.05, 3.63) is 35.4 Å². The van der Waals surface area contributed by atoms with Crippen LogP contribution in [0.5, 0.6) is 0 Å². The quantitative estimate of drug-likeness (QED) is 0.793. The zero-order valence-corrected chi connectivity index (χ0v) is 13.4. The second-order valence-electron chi connectivity index (χ2n) is 5.89. The maximum atomic E-state index is 8.98. The van der Waals surface area contributed by atoms with Crippen LogP contribution < -0.4 is 5.32 Å².